The number of hydrogen-bond donors (Lipinski definition) is 1. The first-order valence-corrected chi connectivity index (χ1v) is 5.64. The van der Waals surface area contributed by atoms with Gasteiger partial charge in [0, 0.05) is 13.0 Å². The summed E-state index contributed by atoms with van der Waals surface area (Å²) < 4.78 is 4.75. The van der Waals surface area contributed by atoms with Gasteiger partial charge in [0.15, 0.2) is 0 Å². The van der Waals surface area contributed by atoms with Crippen molar-refractivity contribution in [2.24, 2.45) is 5.92 Å². The summed E-state index contributed by atoms with van der Waals surface area (Å²) in [5.41, 5.74) is 0. The maximum atomic E-state index is 11.3. The highest BCUT2D eigenvalue weighted by molar-refractivity contribution is 5.77. The lowest BCUT2D eigenvalue weighted by molar-refractivity contribution is -0.143. The minimum atomic E-state index is -0.249. The molecule has 0 bridgehead atoms. The molecule has 1 amide bonds. The third-order valence-electron chi connectivity index (χ3n) is 2.66. The molecule has 0 saturated heterocycles. The molecular weight excluding hydrogens is 194 g/mol. The van der Waals surface area contributed by atoms with Crippen LogP contribution in [-0.2, 0) is 14.3 Å². The number of nitrogens with one attached hydrogen (secondary N) is 1. The minimum Gasteiger partial charge on any atom is -0.466 e. The summed E-state index contributed by atoms with van der Waals surface area (Å²) in [7, 11) is 0. The predicted molar refractivity (Wildman–Crippen MR) is 56.2 cm³/mol. The summed E-state index contributed by atoms with van der Waals surface area (Å²) in [5.74, 6) is 0.387. The van der Waals surface area contributed by atoms with Crippen molar-refractivity contribution < 1.29 is 14.3 Å². The average Bonchev–Trinajstić information content (AvgIpc) is 2.12. The molecule has 1 rings (SSSR count). The van der Waals surface area contributed by atoms with Crippen LogP contribution in [0.5, 0.6) is 0 Å². The normalized spacial score (nSPS) is 15.5. The number of carbonyl (C=O) groups excluding carboxylic acids is 2. The van der Waals surface area contributed by atoms with Gasteiger partial charge in [-0.25, -0.2) is 0 Å². The van der Waals surface area contributed by atoms with Crippen LogP contribution in [0.1, 0.15) is 39.0 Å². The number of carbonyl (C=O) groups is 2. The van der Waals surface area contributed by atoms with Gasteiger partial charge in [-0.15, -0.1) is 0 Å². The molecule has 1 fully saturated rings. The maximum absolute atomic E-state index is 11.3. The molecule has 4 heteroatoms. The first-order valence-electron chi connectivity index (χ1n) is 5.64. The SMILES string of the molecule is CCOC(=O)CCNC(=O)CC1CCC1. The van der Waals surface area contributed by atoms with E-state index in [4.69, 9.17) is 4.74 Å². The molecule has 1 aliphatic rings. The molecule has 0 atom stereocenters. The van der Waals surface area contributed by atoms with Gasteiger partial charge in [-0.3, -0.25) is 9.59 Å². The van der Waals surface area contributed by atoms with Crippen molar-refractivity contribution in [2.45, 2.75) is 39.0 Å². The highest BCUT2D eigenvalue weighted by atomic mass is 16.5. The van der Waals surface area contributed by atoms with E-state index in [0.717, 1.165) is 0 Å². The lowest BCUT2D eigenvalue weighted by Crippen LogP contribution is -2.29. The highest BCUT2D eigenvalue weighted by Crippen LogP contribution is 2.28. The second kappa shape index (κ2) is 6.43. The van der Waals surface area contributed by atoms with E-state index in [9.17, 15) is 9.59 Å². The van der Waals surface area contributed by atoms with Crippen molar-refractivity contribution in [1.29, 1.82) is 0 Å². The van der Waals surface area contributed by atoms with Crippen molar-refractivity contribution in [3.8, 4) is 0 Å². The Bertz CT molecular complexity index is 224. The number of esters is 1. The van der Waals surface area contributed by atoms with E-state index < -0.39 is 0 Å². The number of rotatable bonds is 6. The Morgan fingerprint density at radius 2 is 2.13 bits per heavy atom. The van der Waals surface area contributed by atoms with Gasteiger partial charge < -0.3 is 10.1 Å². The standard InChI is InChI=1S/C11H19NO3/c1-2-15-11(14)6-7-12-10(13)8-9-4-3-5-9/h9H,2-8H2,1H3,(H,12,13). The predicted octanol–water partition coefficient (Wildman–Crippen LogP) is 1.25. The van der Waals surface area contributed by atoms with Crippen LogP contribution in [-0.4, -0.2) is 25.0 Å². The molecule has 0 spiro atoms. The van der Waals surface area contributed by atoms with Crippen molar-refractivity contribution in [2.75, 3.05) is 13.2 Å². The number of amides is 1. The van der Waals surface area contributed by atoms with E-state index in [-0.39, 0.29) is 18.3 Å². The lowest BCUT2D eigenvalue weighted by Gasteiger charge is -2.24. The zero-order chi connectivity index (χ0) is 11.1. The first kappa shape index (κ1) is 12.0. The lowest BCUT2D eigenvalue weighted by atomic mass is 9.83. The molecular formula is C11H19NO3. The zero-order valence-electron chi connectivity index (χ0n) is 9.25. The number of ether oxygens (including phenoxy) is 1. The fourth-order valence-electron chi connectivity index (χ4n) is 1.57. The third-order valence-corrected chi connectivity index (χ3v) is 2.66. The van der Waals surface area contributed by atoms with Crippen LogP contribution in [0, 0.1) is 5.92 Å². The van der Waals surface area contributed by atoms with Crippen LogP contribution in [0.25, 0.3) is 0 Å². The Morgan fingerprint density at radius 1 is 1.40 bits per heavy atom. The fourth-order valence-corrected chi connectivity index (χ4v) is 1.57. The van der Waals surface area contributed by atoms with Crippen molar-refractivity contribution >= 4 is 11.9 Å². The Kier molecular flexibility index (Phi) is 5.15. The zero-order valence-corrected chi connectivity index (χ0v) is 9.25. The summed E-state index contributed by atoms with van der Waals surface area (Å²) in [4.78, 5) is 22.3. The van der Waals surface area contributed by atoms with Crippen LogP contribution in [0.15, 0.2) is 0 Å². The summed E-state index contributed by atoms with van der Waals surface area (Å²) in [5, 5.41) is 2.73. The molecule has 0 aromatic rings. The molecule has 1 aliphatic carbocycles. The van der Waals surface area contributed by atoms with Gasteiger partial charge in [-0.05, 0) is 25.7 Å². The van der Waals surface area contributed by atoms with Gasteiger partial charge in [0.2, 0.25) is 5.91 Å². The smallest absolute Gasteiger partial charge is 0.307 e. The molecule has 0 radical (unpaired) electrons. The monoisotopic (exact) mass is 213 g/mol. The van der Waals surface area contributed by atoms with Crippen molar-refractivity contribution in [3.63, 3.8) is 0 Å². The number of hydrogen-bond acceptors (Lipinski definition) is 3. The molecule has 0 aromatic heterocycles. The Morgan fingerprint density at radius 3 is 2.67 bits per heavy atom. The van der Waals surface area contributed by atoms with E-state index in [1.807, 2.05) is 0 Å². The van der Waals surface area contributed by atoms with E-state index in [1.165, 1.54) is 19.3 Å². The van der Waals surface area contributed by atoms with Crippen molar-refractivity contribution in [3.05, 3.63) is 0 Å². The van der Waals surface area contributed by atoms with E-state index in [1.54, 1.807) is 6.92 Å². The second-order valence-corrected chi connectivity index (χ2v) is 3.91. The third kappa shape index (κ3) is 4.81. The Hall–Kier alpha value is -1.06. The summed E-state index contributed by atoms with van der Waals surface area (Å²) >= 11 is 0. The quantitative estimate of drug-likeness (QED) is 0.675. The van der Waals surface area contributed by atoms with Crippen LogP contribution in [0.4, 0.5) is 0 Å². The molecule has 0 unspecified atom stereocenters. The molecule has 86 valence electrons. The second-order valence-electron chi connectivity index (χ2n) is 3.91. The minimum absolute atomic E-state index is 0.0593. The Labute approximate surface area is 90.4 Å². The van der Waals surface area contributed by atoms with E-state index in [2.05, 4.69) is 5.32 Å². The van der Waals surface area contributed by atoms with Gasteiger partial charge in [0.25, 0.3) is 0 Å². The molecule has 1 saturated carbocycles. The molecule has 0 heterocycles. The van der Waals surface area contributed by atoms with E-state index in [0.29, 0.717) is 25.5 Å². The van der Waals surface area contributed by atoms with Gasteiger partial charge >= 0.3 is 5.97 Å². The summed E-state index contributed by atoms with van der Waals surface area (Å²) in [6.45, 7) is 2.56. The van der Waals surface area contributed by atoms with E-state index >= 15 is 0 Å². The molecule has 0 aromatic carbocycles. The molecule has 15 heavy (non-hydrogen) atoms. The molecule has 4 nitrogen and oxygen atoms in total. The maximum Gasteiger partial charge on any atom is 0.307 e. The van der Waals surface area contributed by atoms with Gasteiger partial charge in [-0.2, -0.15) is 0 Å². The van der Waals surface area contributed by atoms with Crippen LogP contribution < -0.4 is 5.32 Å². The van der Waals surface area contributed by atoms with Gasteiger partial charge in [0.1, 0.15) is 0 Å². The van der Waals surface area contributed by atoms with Crippen LogP contribution in [0.2, 0.25) is 0 Å². The molecule has 1 N–H and O–H groups in total. The topological polar surface area (TPSA) is 55.4 Å². The van der Waals surface area contributed by atoms with Crippen LogP contribution in [0.3, 0.4) is 0 Å². The van der Waals surface area contributed by atoms with Crippen molar-refractivity contribution in [1.82, 2.24) is 5.32 Å². The first-order chi connectivity index (χ1) is 7.22. The fraction of sp³-hybridized carbons (Fsp3) is 0.818. The average molecular weight is 213 g/mol. The van der Waals surface area contributed by atoms with Crippen LogP contribution >= 0.6 is 0 Å². The largest absolute Gasteiger partial charge is 0.466 e. The Balaban J connectivity index is 1.98. The summed E-state index contributed by atoms with van der Waals surface area (Å²) in [6.07, 6.45) is 4.48. The summed E-state index contributed by atoms with van der Waals surface area (Å²) in [6, 6.07) is 0. The van der Waals surface area contributed by atoms with Gasteiger partial charge in [0.05, 0.1) is 13.0 Å². The van der Waals surface area contributed by atoms with Gasteiger partial charge in [-0.1, -0.05) is 6.42 Å². The highest BCUT2D eigenvalue weighted by Gasteiger charge is 2.20. The molecule has 0 aliphatic heterocycles.